The van der Waals surface area contributed by atoms with Gasteiger partial charge in [-0.3, -0.25) is 4.57 Å². The van der Waals surface area contributed by atoms with Gasteiger partial charge in [-0.2, -0.15) is 0 Å². The fraction of sp³-hybridized carbons (Fsp3) is 0. The van der Waals surface area contributed by atoms with Crippen LogP contribution in [0.2, 0.25) is 5.02 Å². The molecule has 0 amide bonds. The molecular formula is C14H8ClFN2O2. The lowest BCUT2D eigenvalue weighted by Crippen LogP contribution is -2.02. The van der Waals surface area contributed by atoms with E-state index in [1.165, 1.54) is 29.1 Å². The maximum atomic E-state index is 13.5. The molecule has 0 atom stereocenters. The van der Waals surface area contributed by atoms with E-state index in [0.717, 1.165) is 0 Å². The first-order valence-electron chi connectivity index (χ1n) is 5.72. The number of aromatic nitrogens is 2. The summed E-state index contributed by atoms with van der Waals surface area (Å²) in [5.41, 5.74) is 1.51. The highest BCUT2D eigenvalue weighted by Crippen LogP contribution is 2.24. The van der Waals surface area contributed by atoms with Gasteiger partial charge in [0.1, 0.15) is 12.1 Å². The van der Waals surface area contributed by atoms with E-state index < -0.39 is 11.8 Å². The summed E-state index contributed by atoms with van der Waals surface area (Å²) >= 11 is 5.65. The van der Waals surface area contributed by atoms with Crippen molar-refractivity contribution in [3.63, 3.8) is 0 Å². The first kappa shape index (κ1) is 12.6. The Hall–Kier alpha value is -2.40. The summed E-state index contributed by atoms with van der Waals surface area (Å²) < 4.78 is 15.1. The van der Waals surface area contributed by atoms with Crippen LogP contribution in [-0.4, -0.2) is 20.6 Å². The number of para-hydroxylation sites is 1. The van der Waals surface area contributed by atoms with Gasteiger partial charge in [0, 0.05) is 0 Å². The second-order valence-electron chi connectivity index (χ2n) is 4.19. The lowest BCUT2D eigenvalue weighted by atomic mass is 10.2. The normalized spacial score (nSPS) is 10.9. The van der Waals surface area contributed by atoms with Gasteiger partial charge in [0.25, 0.3) is 0 Å². The van der Waals surface area contributed by atoms with Crippen LogP contribution in [0.3, 0.4) is 0 Å². The summed E-state index contributed by atoms with van der Waals surface area (Å²) in [7, 11) is 0. The minimum Gasteiger partial charge on any atom is -0.478 e. The second-order valence-corrected chi connectivity index (χ2v) is 4.60. The van der Waals surface area contributed by atoms with Crippen LogP contribution in [-0.2, 0) is 0 Å². The highest BCUT2D eigenvalue weighted by atomic mass is 35.5. The summed E-state index contributed by atoms with van der Waals surface area (Å²) in [6, 6.07) is 9.06. The van der Waals surface area contributed by atoms with Gasteiger partial charge in [-0.15, -0.1) is 0 Å². The Balaban J connectivity index is 2.31. The fourth-order valence-electron chi connectivity index (χ4n) is 2.07. The molecule has 0 aliphatic carbocycles. The van der Waals surface area contributed by atoms with Crippen molar-refractivity contribution in [2.75, 3.05) is 0 Å². The Morgan fingerprint density at radius 1 is 1.30 bits per heavy atom. The zero-order chi connectivity index (χ0) is 14.3. The summed E-state index contributed by atoms with van der Waals surface area (Å²) in [5.74, 6) is -1.63. The van der Waals surface area contributed by atoms with Crippen molar-refractivity contribution < 1.29 is 14.3 Å². The molecule has 0 spiro atoms. The van der Waals surface area contributed by atoms with Crippen LogP contribution >= 0.6 is 11.6 Å². The number of benzene rings is 2. The monoisotopic (exact) mass is 290 g/mol. The van der Waals surface area contributed by atoms with Crippen LogP contribution in [0.5, 0.6) is 0 Å². The fourth-order valence-corrected chi connectivity index (χ4v) is 2.19. The van der Waals surface area contributed by atoms with E-state index in [2.05, 4.69) is 4.98 Å². The number of rotatable bonds is 2. The van der Waals surface area contributed by atoms with Gasteiger partial charge >= 0.3 is 5.97 Å². The molecule has 3 rings (SSSR count). The third-order valence-electron chi connectivity index (χ3n) is 2.98. The molecule has 3 aromatic rings. The molecule has 0 bridgehead atoms. The van der Waals surface area contributed by atoms with Gasteiger partial charge < -0.3 is 5.11 Å². The molecule has 6 heteroatoms. The first-order valence-corrected chi connectivity index (χ1v) is 6.10. The van der Waals surface area contributed by atoms with Crippen LogP contribution in [0, 0.1) is 5.82 Å². The van der Waals surface area contributed by atoms with E-state index in [1.54, 1.807) is 18.2 Å². The predicted octanol–water partition coefficient (Wildman–Crippen LogP) is 3.52. The maximum Gasteiger partial charge on any atom is 0.337 e. The molecule has 0 aliphatic rings. The number of nitrogens with zero attached hydrogens (tertiary/aromatic N) is 2. The smallest absolute Gasteiger partial charge is 0.337 e. The average molecular weight is 291 g/mol. The Morgan fingerprint density at radius 2 is 2.10 bits per heavy atom. The largest absolute Gasteiger partial charge is 0.478 e. The third-order valence-corrected chi connectivity index (χ3v) is 3.29. The topological polar surface area (TPSA) is 55.1 Å². The van der Waals surface area contributed by atoms with Gasteiger partial charge in [0.05, 0.1) is 27.3 Å². The molecule has 0 saturated heterocycles. The Kier molecular flexibility index (Phi) is 2.91. The number of halogens is 2. The molecule has 0 radical (unpaired) electrons. The van der Waals surface area contributed by atoms with Crippen molar-refractivity contribution in [1.82, 2.24) is 9.55 Å². The summed E-state index contributed by atoms with van der Waals surface area (Å²) in [5, 5.41) is 9.25. The van der Waals surface area contributed by atoms with Gasteiger partial charge in [-0.25, -0.2) is 14.2 Å². The number of carbonyl (C=O) groups is 1. The van der Waals surface area contributed by atoms with E-state index in [1.807, 2.05) is 0 Å². The molecule has 0 unspecified atom stereocenters. The number of carboxylic acid groups (broad SMARTS) is 1. The standard InChI is InChI=1S/C14H8ClFN2O2/c15-10-5-4-8(6-11(10)16)18-7-17-12-3-1-2-9(13(12)18)14(19)20/h1-7H,(H,19,20). The highest BCUT2D eigenvalue weighted by molar-refractivity contribution is 6.30. The molecule has 100 valence electrons. The summed E-state index contributed by atoms with van der Waals surface area (Å²) in [4.78, 5) is 15.4. The van der Waals surface area contributed by atoms with Crippen LogP contribution < -0.4 is 0 Å². The number of imidazole rings is 1. The number of aromatic carboxylic acids is 1. The van der Waals surface area contributed by atoms with Gasteiger partial charge in [0.2, 0.25) is 0 Å². The molecular weight excluding hydrogens is 283 g/mol. The molecule has 20 heavy (non-hydrogen) atoms. The molecule has 1 N–H and O–H groups in total. The van der Waals surface area contributed by atoms with Crippen LogP contribution in [0.25, 0.3) is 16.7 Å². The number of hydrogen-bond acceptors (Lipinski definition) is 2. The number of hydrogen-bond donors (Lipinski definition) is 1. The third kappa shape index (κ3) is 1.92. The van der Waals surface area contributed by atoms with Gasteiger partial charge in [-0.05, 0) is 30.3 Å². The van der Waals surface area contributed by atoms with Crippen molar-refractivity contribution in [2.45, 2.75) is 0 Å². The minimum absolute atomic E-state index is 0.0108. The van der Waals surface area contributed by atoms with Crippen LogP contribution in [0.4, 0.5) is 4.39 Å². The van der Waals surface area contributed by atoms with E-state index >= 15 is 0 Å². The van der Waals surface area contributed by atoms with Crippen LogP contribution in [0.1, 0.15) is 10.4 Å². The lowest BCUT2D eigenvalue weighted by Gasteiger charge is -2.07. The van der Waals surface area contributed by atoms with E-state index in [4.69, 9.17) is 11.6 Å². The Morgan fingerprint density at radius 3 is 2.80 bits per heavy atom. The van der Waals surface area contributed by atoms with Crippen LogP contribution in [0.15, 0.2) is 42.7 Å². The van der Waals surface area contributed by atoms with Crippen molar-refractivity contribution in [2.24, 2.45) is 0 Å². The van der Waals surface area contributed by atoms with Crippen molar-refractivity contribution in [3.8, 4) is 5.69 Å². The molecule has 1 heterocycles. The van der Waals surface area contributed by atoms with Gasteiger partial charge in [0.15, 0.2) is 0 Å². The van der Waals surface area contributed by atoms with Gasteiger partial charge in [-0.1, -0.05) is 17.7 Å². The van der Waals surface area contributed by atoms with Crippen molar-refractivity contribution in [3.05, 3.63) is 59.1 Å². The second kappa shape index (κ2) is 4.61. The highest BCUT2D eigenvalue weighted by Gasteiger charge is 2.14. The molecule has 4 nitrogen and oxygen atoms in total. The zero-order valence-corrected chi connectivity index (χ0v) is 10.8. The first-order chi connectivity index (χ1) is 9.58. The number of fused-ring (bicyclic) bond motifs is 1. The Labute approximate surface area is 118 Å². The van der Waals surface area contributed by atoms with Crippen molar-refractivity contribution >= 4 is 28.6 Å². The Bertz CT molecular complexity index is 829. The lowest BCUT2D eigenvalue weighted by molar-refractivity contribution is 0.0698. The summed E-state index contributed by atoms with van der Waals surface area (Å²) in [6.45, 7) is 0. The predicted molar refractivity (Wildman–Crippen MR) is 73.0 cm³/mol. The van der Waals surface area contributed by atoms with E-state index in [-0.39, 0.29) is 10.6 Å². The molecule has 0 aliphatic heterocycles. The molecule has 1 aromatic heterocycles. The summed E-state index contributed by atoms with van der Waals surface area (Å²) in [6.07, 6.45) is 1.46. The SMILES string of the molecule is O=C(O)c1cccc2ncn(-c3ccc(Cl)c(F)c3)c12. The molecule has 0 fully saturated rings. The maximum absolute atomic E-state index is 13.5. The van der Waals surface area contributed by atoms with E-state index in [0.29, 0.717) is 16.7 Å². The molecule has 2 aromatic carbocycles. The van der Waals surface area contributed by atoms with Crippen molar-refractivity contribution in [1.29, 1.82) is 0 Å². The quantitative estimate of drug-likeness (QED) is 0.785. The average Bonchev–Trinajstić information content (AvgIpc) is 2.85. The molecule has 0 saturated carbocycles. The minimum atomic E-state index is -1.06. The van der Waals surface area contributed by atoms with E-state index in [9.17, 15) is 14.3 Å². The number of carboxylic acids is 1. The zero-order valence-electron chi connectivity index (χ0n) is 10.0.